The van der Waals surface area contributed by atoms with Gasteiger partial charge in [0.15, 0.2) is 0 Å². The monoisotopic (exact) mass is 340 g/mol. The van der Waals surface area contributed by atoms with E-state index in [1.54, 1.807) is 6.92 Å². The second kappa shape index (κ2) is 6.82. The molecule has 0 saturated carbocycles. The van der Waals surface area contributed by atoms with E-state index in [1.807, 2.05) is 4.72 Å². The maximum atomic E-state index is 13.5. The summed E-state index contributed by atoms with van der Waals surface area (Å²) in [6.45, 7) is 1.80. The van der Waals surface area contributed by atoms with Crippen molar-refractivity contribution in [2.45, 2.75) is 19.1 Å². The number of sulfonamides is 1. The number of amides is 1. The van der Waals surface area contributed by atoms with E-state index in [0.29, 0.717) is 18.1 Å². The van der Waals surface area contributed by atoms with Gasteiger partial charge in [0.05, 0.1) is 5.75 Å². The summed E-state index contributed by atoms with van der Waals surface area (Å²) in [5.74, 6) is -3.37. The Morgan fingerprint density at radius 2 is 1.96 bits per heavy atom. The maximum Gasteiger partial charge on any atom is 0.265 e. The summed E-state index contributed by atoms with van der Waals surface area (Å²) in [7, 11) is -4.12. The summed E-state index contributed by atoms with van der Waals surface area (Å²) < 4.78 is 52.3. The Hall–Kier alpha value is -2.35. The number of halogens is 2. The fourth-order valence-corrected chi connectivity index (χ4v) is 3.11. The van der Waals surface area contributed by atoms with E-state index in [2.05, 4.69) is 4.98 Å². The van der Waals surface area contributed by atoms with Crippen LogP contribution in [0, 0.1) is 11.6 Å². The number of carbonyl (C=O) groups excluding carboxylic acids is 1. The average molecular weight is 340 g/mol. The molecule has 0 aliphatic rings. The molecule has 1 aromatic carbocycles. The highest BCUT2D eigenvalue weighted by molar-refractivity contribution is 7.89. The molecule has 0 saturated heterocycles. The van der Waals surface area contributed by atoms with Gasteiger partial charge in [-0.2, -0.15) is 0 Å². The lowest BCUT2D eigenvalue weighted by Gasteiger charge is -2.10. The zero-order valence-electron chi connectivity index (χ0n) is 12.2. The predicted octanol–water partition coefficient (Wildman–Crippen LogP) is 2.18. The van der Waals surface area contributed by atoms with Crippen LogP contribution in [0.5, 0.6) is 0 Å². The van der Waals surface area contributed by atoms with Crippen molar-refractivity contribution in [1.29, 1.82) is 0 Å². The predicted molar refractivity (Wildman–Crippen MR) is 80.1 cm³/mol. The summed E-state index contributed by atoms with van der Waals surface area (Å²) in [4.78, 5) is 16.0. The van der Waals surface area contributed by atoms with E-state index in [9.17, 15) is 22.0 Å². The highest BCUT2D eigenvalue weighted by Crippen LogP contribution is 2.13. The molecular formula is C15H14F2N2O3S. The molecular weight excluding hydrogens is 326 g/mol. The van der Waals surface area contributed by atoms with Gasteiger partial charge in [-0.15, -0.1) is 0 Å². The van der Waals surface area contributed by atoms with Crippen LogP contribution in [0.25, 0.3) is 0 Å². The molecule has 1 amide bonds. The summed E-state index contributed by atoms with van der Waals surface area (Å²) in [6.07, 6.45) is 3.35. The number of hydrogen-bond acceptors (Lipinski definition) is 4. The first kappa shape index (κ1) is 17.0. The minimum Gasteiger partial charge on any atom is -0.268 e. The number of nitrogens with zero attached hydrogens (tertiary/aromatic N) is 1. The molecule has 0 atom stereocenters. The van der Waals surface area contributed by atoms with Crippen LogP contribution in [0.3, 0.4) is 0 Å². The van der Waals surface area contributed by atoms with Crippen molar-refractivity contribution in [3.8, 4) is 0 Å². The number of pyridine rings is 1. The highest BCUT2D eigenvalue weighted by atomic mass is 32.2. The van der Waals surface area contributed by atoms with Gasteiger partial charge in [0.1, 0.15) is 11.6 Å². The van der Waals surface area contributed by atoms with Gasteiger partial charge in [0.25, 0.3) is 5.91 Å². The molecule has 23 heavy (non-hydrogen) atoms. The lowest BCUT2D eigenvalue weighted by molar-refractivity contribution is 0.0980. The van der Waals surface area contributed by atoms with Crippen LogP contribution in [0.15, 0.2) is 36.7 Å². The van der Waals surface area contributed by atoms with Crippen LogP contribution in [0.1, 0.15) is 28.4 Å². The van der Waals surface area contributed by atoms with Crippen LogP contribution in [0.2, 0.25) is 0 Å². The molecule has 1 heterocycles. The number of aryl methyl sites for hydroxylation is 1. The SMILES string of the molecule is CCc1cnccc1C(=O)NS(=O)(=O)Cc1ccc(F)cc1F. The van der Waals surface area contributed by atoms with Gasteiger partial charge >= 0.3 is 0 Å². The Balaban J connectivity index is 2.19. The normalized spacial score (nSPS) is 11.3. The van der Waals surface area contributed by atoms with E-state index in [4.69, 9.17) is 0 Å². The highest BCUT2D eigenvalue weighted by Gasteiger charge is 2.20. The molecule has 0 spiro atoms. The van der Waals surface area contributed by atoms with E-state index < -0.39 is 33.3 Å². The quantitative estimate of drug-likeness (QED) is 0.905. The van der Waals surface area contributed by atoms with E-state index >= 15 is 0 Å². The fourth-order valence-electron chi connectivity index (χ4n) is 2.01. The van der Waals surface area contributed by atoms with Crippen LogP contribution in [0.4, 0.5) is 8.78 Å². The largest absolute Gasteiger partial charge is 0.268 e. The molecule has 1 aromatic heterocycles. The zero-order chi connectivity index (χ0) is 17.0. The molecule has 5 nitrogen and oxygen atoms in total. The average Bonchev–Trinajstić information content (AvgIpc) is 2.49. The Labute approximate surface area is 132 Å². The van der Waals surface area contributed by atoms with Crippen LogP contribution in [-0.2, 0) is 22.2 Å². The number of aromatic nitrogens is 1. The molecule has 0 bridgehead atoms. The van der Waals surface area contributed by atoms with Crippen molar-refractivity contribution in [2.24, 2.45) is 0 Å². The molecule has 1 N–H and O–H groups in total. The molecule has 122 valence electrons. The van der Waals surface area contributed by atoms with Crippen LogP contribution < -0.4 is 4.72 Å². The van der Waals surface area contributed by atoms with Crippen molar-refractivity contribution in [3.05, 3.63) is 65.0 Å². The maximum absolute atomic E-state index is 13.5. The molecule has 0 radical (unpaired) electrons. The number of benzene rings is 1. The lowest BCUT2D eigenvalue weighted by Crippen LogP contribution is -2.32. The van der Waals surface area contributed by atoms with Crippen LogP contribution in [-0.4, -0.2) is 19.3 Å². The number of nitrogens with one attached hydrogen (secondary N) is 1. The third-order valence-electron chi connectivity index (χ3n) is 3.14. The second-order valence-corrected chi connectivity index (χ2v) is 6.53. The van der Waals surface area contributed by atoms with E-state index in [-0.39, 0.29) is 11.1 Å². The van der Waals surface area contributed by atoms with Crippen molar-refractivity contribution >= 4 is 15.9 Å². The van der Waals surface area contributed by atoms with Crippen LogP contribution >= 0.6 is 0 Å². The molecule has 2 rings (SSSR count). The first-order valence-electron chi connectivity index (χ1n) is 6.74. The fraction of sp³-hybridized carbons (Fsp3) is 0.200. The molecule has 2 aromatic rings. The van der Waals surface area contributed by atoms with Gasteiger partial charge in [-0.3, -0.25) is 9.78 Å². The Morgan fingerprint density at radius 1 is 1.22 bits per heavy atom. The topological polar surface area (TPSA) is 76.1 Å². The number of carbonyl (C=O) groups is 1. The molecule has 8 heteroatoms. The van der Waals surface area contributed by atoms with Gasteiger partial charge in [0.2, 0.25) is 10.0 Å². The molecule has 0 aliphatic carbocycles. The summed E-state index contributed by atoms with van der Waals surface area (Å²) in [6, 6.07) is 3.97. The lowest BCUT2D eigenvalue weighted by atomic mass is 10.1. The minimum atomic E-state index is -4.12. The Morgan fingerprint density at radius 3 is 2.61 bits per heavy atom. The van der Waals surface area contributed by atoms with Gasteiger partial charge in [-0.1, -0.05) is 13.0 Å². The van der Waals surface area contributed by atoms with Gasteiger partial charge in [-0.05, 0) is 24.1 Å². The second-order valence-electron chi connectivity index (χ2n) is 4.81. The summed E-state index contributed by atoms with van der Waals surface area (Å²) in [5.41, 5.74) is 0.552. The molecule has 0 aliphatic heterocycles. The Bertz CT molecular complexity index is 838. The number of hydrogen-bond donors (Lipinski definition) is 1. The van der Waals surface area contributed by atoms with Gasteiger partial charge in [-0.25, -0.2) is 21.9 Å². The first-order valence-corrected chi connectivity index (χ1v) is 8.39. The van der Waals surface area contributed by atoms with E-state index in [0.717, 1.165) is 12.1 Å². The Kier molecular flexibility index (Phi) is 5.05. The zero-order valence-corrected chi connectivity index (χ0v) is 13.0. The third-order valence-corrected chi connectivity index (χ3v) is 4.33. The standard InChI is InChI=1S/C15H14F2N2O3S/c1-2-10-8-18-6-5-13(10)15(20)19-23(21,22)9-11-3-4-12(16)7-14(11)17/h3-8H,2,9H2,1H3,(H,19,20). The first-order chi connectivity index (χ1) is 10.8. The molecule has 0 fully saturated rings. The number of rotatable bonds is 5. The van der Waals surface area contributed by atoms with Gasteiger partial charge in [0, 0.05) is 29.6 Å². The summed E-state index contributed by atoms with van der Waals surface area (Å²) in [5, 5.41) is 0. The van der Waals surface area contributed by atoms with E-state index in [1.165, 1.54) is 18.5 Å². The molecule has 0 unspecified atom stereocenters. The van der Waals surface area contributed by atoms with Crippen molar-refractivity contribution in [2.75, 3.05) is 0 Å². The van der Waals surface area contributed by atoms with Gasteiger partial charge < -0.3 is 0 Å². The minimum absolute atomic E-state index is 0.186. The van der Waals surface area contributed by atoms with Crippen molar-refractivity contribution < 1.29 is 22.0 Å². The van der Waals surface area contributed by atoms with Crippen molar-refractivity contribution in [3.63, 3.8) is 0 Å². The summed E-state index contributed by atoms with van der Waals surface area (Å²) >= 11 is 0. The smallest absolute Gasteiger partial charge is 0.265 e. The van der Waals surface area contributed by atoms with Crippen molar-refractivity contribution in [1.82, 2.24) is 9.71 Å². The third kappa shape index (κ3) is 4.32.